The van der Waals surface area contributed by atoms with Crippen LogP contribution in [0.15, 0.2) is 30.5 Å². The first kappa shape index (κ1) is 20.0. The van der Waals surface area contributed by atoms with Gasteiger partial charge in [-0.3, -0.25) is 4.90 Å². The van der Waals surface area contributed by atoms with Crippen LogP contribution in [-0.2, 0) is 4.74 Å². The van der Waals surface area contributed by atoms with E-state index in [4.69, 9.17) is 4.74 Å². The Labute approximate surface area is 165 Å². The molecule has 2 unspecified atom stereocenters. The first-order valence-electron chi connectivity index (χ1n) is 9.62. The average molecular weight is 386 g/mol. The Bertz CT molecular complexity index is 856. The number of carbonyl (C=O) groups excluding carboxylic acids is 1. The van der Waals surface area contributed by atoms with E-state index >= 15 is 0 Å². The average Bonchev–Trinajstić information content (AvgIpc) is 3.05. The van der Waals surface area contributed by atoms with Gasteiger partial charge in [0.2, 0.25) is 5.95 Å². The van der Waals surface area contributed by atoms with Crippen LogP contribution in [0.5, 0.6) is 0 Å². The van der Waals surface area contributed by atoms with Crippen molar-refractivity contribution in [3.05, 3.63) is 47.4 Å². The number of hydrogen-bond donors (Lipinski definition) is 1. The number of rotatable bonds is 6. The lowest BCUT2D eigenvalue weighted by molar-refractivity contribution is 0.177. The second-order valence-corrected chi connectivity index (χ2v) is 7.81. The van der Waals surface area contributed by atoms with E-state index in [9.17, 15) is 9.18 Å². The number of nitrogens with zero attached hydrogens (tertiary/aromatic N) is 3. The van der Waals surface area contributed by atoms with Crippen LogP contribution in [0.3, 0.4) is 0 Å². The maximum atomic E-state index is 14.4. The van der Waals surface area contributed by atoms with Crippen molar-refractivity contribution in [2.45, 2.75) is 52.6 Å². The van der Waals surface area contributed by atoms with Gasteiger partial charge >= 0.3 is 6.09 Å². The zero-order valence-electron chi connectivity index (χ0n) is 16.9. The molecule has 3 rings (SSSR count). The zero-order valence-corrected chi connectivity index (χ0v) is 16.9. The maximum absolute atomic E-state index is 14.4. The van der Waals surface area contributed by atoms with E-state index < -0.39 is 11.9 Å². The van der Waals surface area contributed by atoms with Crippen LogP contribution in [-0.4, -0.2) is 28.7 Å². The molecule has 1 aliphatic heterocycles. The number of ether oxygens (including phenoxy) is 1. The molecule has 2 atom stereocenters. The molecule has 28 heavy (non-hydrogen) atoms. The normalized spacial score (nSPS) is 17.9. The molecule has 0 aliphatic carbocycles. The number of cyclic esters (lactones) is 1. The number of halogens is 1. The Morgan fingerprint density at radius 3 is 2.61 bits per heavy atom. The van der Waals surface area contributed by atoms with Crippen molar-refractivity contribution in [3.8, 4) is 0 Å². The number of hydrogen-bond acceptors (Lipinski definition) is 5. The summed E-state index contributed by atoms with van der Waals surface area (Å²) in [5, 5.41) is 3.21. The number of anilines is 2. The van der Waals surface area contributed by atoms with Crippen LogP contribution >= 0.6 is 0 Å². The predicted octanol–water partition coefficient (Wildman–Crippen LogP) is 4.89. The topological polar surface area (TPSA) is 67.4 Å². The molecule has 0 radical (unpaired) electrons. The summed E-state index contributed by atoms with van der Waals surface area (Å²) < 4.78 is 19.5. The van der Waals surface area contributed by atoms with Gasteiger partial charge in [-0.1, -0.05) is 52.0 Å². The lowest BCUT2D eigenvalue weighted by Crippen LogP contribution is -2.38. The minimum atomic E-state index is -0.649. The summed E-state index contributed by atoms with van der Waals surface area (Å²) in [6.45, 7) is 10.4. The quantitative estimate of drug-likeness (QED) is 0.765. The Morgan fingerprint density at radius 1 is 1.21 bits per heavy atom. The molecule has 7 heteroatoms. The van der Waals surface area contributed by atoms with Crippen LogP contribution in [0.25, 0.3) is 0 Å². The van der Waals surface area contributed by atoms with Crippen molar-refractivity contribution in [2.75, 3.05) is 16.8 Å². The van der Waals surface area contributed by atoms with Gasteiger partial charge < -0.3 is 10.1 Å². The monoisotopic (exact) mass is 386 g/mol. The summed E-state index contributed by atoms with van der Waals surface area (Å²) in [7, 11) is 0. The first-order chi connectivity index (χ1) is 13.3. The third-order valence-electron chi connectivity index (χ3n) is 5.05. The SMILES string of the molecule is CC(C)c1cccc(C(C)Nc2ncc(F)c(N3C(=O)OCC3C(C)C)n2)c1. The number of carbonyl (C=O) groups is 1. The molecule has 1 fully saturated rings. The molecule has 1 aromatic carbocycles. The van der Waals surface area contributed by atoms with Gasteiger partial charge in [0, 0.05) is 0 Å². The van der Waals surface area contributed by atoms with E-state index in [0.717, 1.165) is 11.8 Å². The van der Waals surface area contributed by atoms with Crippen LogP contribution in [0.1, 0.15) is 57.7 Å². The lowest BCUT2D eigenvalue weighted by atomic mass is 9.98. The van der Waals surface area contributed by atoms with Crippen molar-refractivity contribution in [1.82, 2.24) is 9.97 Å². The Balaban J connectivity index is 1.85. The maximum Gasteiger partial charge on any atom is 0.416 e. The minimum Gasteiger partial charge on any atom is -0.447 e. The summed E-state index contributed by atoms with van der Waals surface area (Å²) in [4.78, 5) is 21.8. The van der Waals surface area contributed by atoms with Crippen molar-refractivity contribution in [2.24, 2.45) is 5.92 Å². The Hall–Kier alpha value is -2.70. The summed E-state index contributed by atoms with van der Waals surface area (Å²) in [5.74, 6) is 0.0947. The largest absolute Gasteiger partial charge is 0.447 e. The van der Waals surface area contributed by atoms with Gasteiger partial charge in [-0.15, -0.1) is 0 Å². The summed E-state index contributed by atoms with van der Waals surface area (Å²) in [6.07, 6.45) is 0.505. The highest BCUT2D eigenvalue weighted by molar-refractivity contribution is 5.89. The van der Waals surface area contributed by atoms with Crippen molar-refractivity contribution in [1.29, 1.82) is 0 Å². The fraction of sp³-hybridized carbons (Fsp3) is 0.476. The summed E-state index contributed by atoms with van der Waals surface area (Å²) in [5.41, 5.74) is 2.33. The van der Waals surface area contributed by atoms with E-state index in [1.165, 1.54) is 10.5 Å². The van der Waals surface area contributed by atoms with Gasteiger partial charge in [0.25, 0.3) is 0 Å². The van der Waals surface area contributed by atoms with Gasteiger partial charge in [0.1, 0.15) is 6.61 Å². The molecule has 6 nitrogen and oxygen atoms in total. The number of benzene rings is 1. The molecular formula is C21H27FN4O2. The van der Waals surface area contributed by atoms with Gasteiger partial charge in [-0.2, -0.15) is 4.98 Å². The lowest BCUT2D eigenvalue weighted by Gasteiger charge is -2.24. The molecule has 1 saturated heterocycles. The molecule has 1 aliphatic rings. The Morgan fingerprint density at radius 2 is 1.93 bits per heavy atom. The molecule has 0 spiro atoms. The third kappa shape index (κ3) is 4.08. The highest BCUT2D eigenvalue weighted by Crippen LogP contribution is 2.29. The zero-order chi connectivity index (χ0) is 20.4. The highest BCUT2D eigenvalue weighted by atomic mass is 19.1. The van der Waals surface area contributed by atoms with Crippen LogP contribution in [0.4, 0.5) is 21.0 Å². The minimum absolute atomic E-state index is 0.0539. The van der Waals surface area contributed by atoms with Crippen molar-refractivity contribution >= 4 is 17.9 Å². The molecule has 2 heterocycles. The van der Waals surface area contributed by atoms with E-state index in [0.29, 0.717) is 5.92 Å². The van der Waals surface area contributed by atoms with E-state index in [1.54, 1.807) is 0 Å². The fourth-order valence-corrected chi connectivity index (χ4v) is 3.23. The molecule has 1 amide bonds. The van der Waals surface area contributed by atoms with Crippen LogP contribution < -0.4 is 10.2 Å². The number of nitrogens with one attached hydrogen (secondary N) is 1. The molecular weight excluding hydrogens is 359 g/mol. The smallest absolute Gasteiger partial charge is 0.416 e. The highest BCUT2D eigenvalue weighted by Gasteiger charge is 2.38. The molecule has 150 valence electrons. The number of amides is 1. The third-order valence-corrected chi connectivity index (χ3v) is 5.05. The van der Waals surface area contributed by atoms with E-state index in [1.807, 2.05) is 32.9 Å². The standard InChI is InChI=1S/C21H27FN4O2/c1-12(2)15-7-6-8-16(9-15)14(5)24-20-23-10-17(22)19(25-20)26-18(13(3)4)11-28-21(26)27/h6-10,12-14,18H,11H2,1-5H3,(H,23,24,25). The van der Waals surface area contributed by atoms with Gasteiger partial charge in [0.05, 0.1) is 18.3 Å². The van der Waals surface area contributed by atoms with Crippen molar-refractivity contribution < 1.29 is 13.9 Å². The summed E-state index contributed by atoms with van der Waals surface area (Å²) in [6, 6.07) is 7.94. The summed E-state index contributed by atoms with van der Waals surface area (Å²) >= 11 is 0. The molecule has 1 N–H and O–H groups in total. The van der Waals surface area contributed by atoms with E-state index in [-0.39, 0.29) is 36.4 Å². The predicted molar refractivity (Wildman–Crippen MR) is 107 cm³/mol. The molecule has 0 saturated carbocycles. The van der Waals surface area contributed by atoms with Gasteiger partial charge in [-0.25, -0.2) is 14.2 Å². The molecule has 2 aromatic rings. The second kappa shape index (κ2) is 8.12. The van der Waals surface area contributed by atoms with Crippen LogP contribution in [0.2, 0.25) is 0 Å². The molecule has 1 aromatic heterocycles. The second-order valence-electron chi connectivity index (χ2n) is 7.81. The number of aromatic nitrogens is 2. The van der Waals surface area contributed by atoms with E-state index in [2.05, 4.69) is 41.3 Å². The van der Waals surface area contributed by atoms with Gasteiger partial charge in [0.15, 0.2) is 11.6 Å². The fourth-order valence-electron chi connectivity index (χ4n) is 3.23. The Kier molecular flexibility index (Phi) is 5.82. The van der Waals surface area contributed by atoms with Crippen LogP contribution in [0, 0.1) is 11.7 Å². The van der Waals surface area contributed by atoms with Crippen molar-refractivity contribution in [3.63, 3.8) is 0 Å². The molecule has 0 bridgehead atoms. The van der Waals surface area contributed by atoms with Gasteiger partial charge in [-0.05, 0) is 29.9 Å². The first-order valence-corrected chi connectivity index (χ1v) is 9.62.